The van der Waals surface area contributed by atoms with E-state index in [1.807, 2.05) is 24.3 Å². The van der Waals surface area contributed by atoms with E-state index in [4.69, 9.17) is 10.3 Å². The summed E-state index contributed by atoms with van der Waals surface area (Å²) in [5.74, 6) is 1.16. The fourth-order valence-electron chi connectivity index (χ4n) is 1.13. The molecule has 0 atom stereocenters. The summed E-state index contributed by atoms with van der Waals surface area (Å²) in [6.45, 7) is 0. The molecule has 1 aliphatic heterocycles. The van der Waals surface area contributed by atoms with E-state index in [1.54, 1.807) is 0 Å². The summed E-state index contributed by atoms with van der Waals surface area (Å²) in [6.07, 6.45) is 0.590. The average Bonchev–Trinajstić information content (AvgIpc) is 2.46. The highest BCUT2D eigenvalue weighted by atomic mass is 16.5. The first-order chi connectivity index (χ1) is 5.40. The Bertz CT molecular complexity index is 313. The SMILES string of the molecule is [N-]=[N+]=C1Cc2ccccc2O1. The number of hydrogen-bond donors (Lipinski definition) is 0. The van der Waals surface area contributed by atoms with E-state index in [-0.39, 0.29) is 0 Å². The number of nitrogens with zero attached hydrogens (tertiary/aromatic N) is 2. The molecule has 1 aromatic carbocycles. The summed E-state index contributed by atoms with van der Waals surface area (Å²) in [5.41, 5.74) is 9.47. The number of fused-ring (bicyclic) bond motifs is 1. The van der Waals surface area contributed by atoms with Crippen LogP contribution in [0, 0.1) is 0 Å². The molecule has 54 valence electrons. The van der Waals surface area contributed by atoms with Crippen LogP contribution in [0.2, 0.25) is 0 Å². The molecule has 3 nitrogen and oxygen atoms in total. The van der Waals surface area contributed by atoms with Crippen LogP contribution in [0.4, 0.5) is 0 Å². The zero-order valence-corrected chi connectivity index (χ0v) is 5.82. The molecule has 3 heteroatoms. The maximum absolute atomic E-state index is 8.40. The first-order valence-corrected chi connectivity index (χ1v) is 3.37. The summed E-state index contributed by atoms with van der Waals surface area (Å²) >= 11 is 0. The summed E-state index contributed by atoms with van der Waals surface area (Å²) in [5, 5.41) is 0. The van der Waals surface area contributed by atoms with Gasteiger partial charge in [0.25, 0.3) is 0 Å². The van der Waals surface area contributed by atoms with Crippen LogP contribution < -0.4 is 4.74 Å². The lowest BCUT2D eigenvalue weighted by Gasteiger charge is -1.90. The Morgan fingerprint density at radius 2 is 2.18 bits per heavy atom. The Labute approximate surface area is 63.9 Å². The van der Waals surface area contributed by atoms with Gasteiger partial charge in [0.15, 0.2) is 0 Å². The molecule has 1 aromatic rings. The second-order valence-electron chi connectivity index (χ2n) is 2.38. The number of benzene rings is 1. The van der Waals surface area contributed by atoms with Gasteiger partial charge in [0, 0.05) is 5.56 Å². The monoisotopic (exact) mass is 146 g/mol. The quantitative estimate of drug-likeness (QED) is 0.401. The lowest BCUT2D eigenvalue weighted by molar-refractivity contribution is -0.0272. The molecule has 0 saturated heterocycles. The molecule has 1 aliphatic rings. The van der Waals surface area contributed by atoms with Crippen molar-refractivity contribution < 1.29 is 9.53 Å². The van der Waals surface area contributed by atoms with Crippen LogP contribution in [-0.4, -0.2) is 10.7 Å². The third kappa shape index (κ3) is 0.914. The average molecular weight is 146 g/mol. The standard InChI is InChI=1S/C8H6N2O/c9-10-8-5-6-3-1-2-4-7(6)11-8/h1-4H,5H2. The Hall–Kier alpha value is -1.60. The van der Waals surface area contributed by atoms with Gasteiger partial charge in [0.1, 0.15) is 12.2 Å². The third-order valence-corrected chi connectivity index (χ3v) is 1.65. The molecule has 0 fully saturated rings. The van der Waals surface area contributed by atoms with Crippen molar-refractivity contribution in [2.24, 2.45) is 0 Å². The smallest absolute Gasteiger partial charge is 0.396 e. The molecule has 2 rings (SSSR count). The zero-order chi connectivity index (χ0) is 7.68. The number of para-hydroxylation sites is 1. The molecule has 0 radical (unpaired) electrons. The van der Waals surface area contributed by atoms with Gasteiger partial charge in [-0.05, 0) is 6.07 Å². The molecule has 0 unspecified atom stereocenters. The van der Waals surface area contributed by atoms with Crippen molar-refractivity contribution in [1.82, 2.24) is 0 Å². The zero-order valence-electron chi connectivity index (χ0n) is 5.82. The van der Waals surface area contributed by atoms with Crippen LogP contribution in [0.15, 0.2) is 24.3 Å². The molecule has 0 N–H and O–H groups in total. The normalized spacial score (nSPS) is 13.6. The highest BCUT2D eigenvalue weighted by Gasteiger charge is 2.23. The van der Waals surface area contributed by atoms with Gasteiger partial charge in [0.05, 0.1) is 0 Å². The van der Waals surface area contributed by atoms with Gasteiger partial charge in [0.2, 0.25) is 0 Å². The highest BCUT2D eigenvalue weighted by molar-refractivity contribution is 5.81. The Balaban J connectivity index is 2.48. The van der Waals surface area contributed by atoms with Crippen LogP contribution in [0.3, 0.4) is 0 Å². The first-order valence-electron chi connectivity index (χ1n) is 3.37. The minimum absolute atomic E-state index is 0.367. The number of hydrogen-bond acceptors (Lipinski definition) is 1. The van der Waals surface area contributed by atoms with E-state index < -0.39 is 0 Å². The van der Waals surface area contributed by atoms with Crippen molar-refractivity contribution in [2.45, 2.75) is 6.42 Å². The summed E-state index contributed by atoms with van der Waals surface area (Å²) in [7, 11) is 0. The van der Waals surface area contributed by atoms with Gasteiger partial charge in [-0.1, -0.05) is 18.2 Å². The van der Waals surface area contributed by atoms with Crippen molar-refractivity contribution in [3.8, 4) is 5.75 Å². The van der Waals surface area contributed by atoms with Gasteiger partial charge in [-0.3, -0.25) is 0 Å². The molecular formula is C8H6N2O. The molecule has 11 heavy (non-hydrogen) atoms. The second-order valence-corrected chi connectivity index (χ2v) is 2.38. The van der Waals surface area contributed by atoms with Crippen molar-refractivity contribution in [1.29, 1.82) is 0 Å². The minimum atomic E-state index is 0.367. The first kappa shape index (κ1) is 6.13. The third-order valence-electron chi connectivity index (χ3n) is 1.65. The largest absolute Gasteiger partial charge is 0.459 e. The molecule has 0 bridgehead atoms. The van der Waals surface area contributed by atoms with Gasteiger partial charge >= 0.3 is 5.90 Å². The van der Waals surface area contributed by atoms with Crippen LogP contribution in [0.1, 0.15) is 5.56 Å². The van der Waals surface area contributed by atoms with Crippen molar-refractivity contribution in [2.75, 3.05) is 0 Å². The second kappa shape index (κ2) is 2.22. The Morgan fingerprint density at radius 1 is 1.36 bits per heavy atom. The van der Waals surface area contributed by atoms with Gasteiger partial charge in [-0.2, -0.15) is 0 Å². The molecule has 0 aliphatic carbocycles. The Morgan fingerprint density at radius 3 is 2.91 bits per heavy atom. The van der Waals surface area contributed by atoms with Gasteiger partial charge in [-0.15, -0.1) is 4.79 Å². The molecule has 0 aromatic heterocycles. The van der Waals surface area contributed by atoms with E-state index >= 15 is 0 Å². The molecule has 1 heterocycles. The lowest BCUT2D eigenvalue weighted by Crippen LogP contribution is -2.03. The van der Waals surface area contributed by atoms with Crippen LogP contribution in [0.25, 0.3) is 5.53 Å². The van der Waals surface area contributed by atoms with Crippen LogP contribution >= 0.6 is 0 Å². The predicted molar refractivity (Wildman–Crippen MR) is 39.4 cm³/mol. The lowest BCUT2D eigenvalue weighted by atomic mass is 10.2. The van der Waals surface area contributed by atoms with Gasteiger partial charge < -0.3 is 10.3 Å². The summed E-state index contributed by atoms with van der Waals surface area (Å²) < 4.78 is 5.16. The van der Waals surface area contributed by atoms with E-state index in [2.05, 4.69) is 4.79 Å². The summed E-state index contributed by atoms with van der Waals surface area (Å²) in [4.78, 5) is 3.00. The molecule has 0 spiro atoms. The van der Waals surface area contributed by atoms with E-state index in [0.29, 0.717) is 12.3 Å². The van der Waals surface area contributed by atoms with E-state index in [1.165, 1.54) is 0 Å². The van der Waals surface area contributed by atoms with Crippen molar-refractivity contribution >= 4 is 5.90 Å². The summed E-state index contributed by atoms with van der Waals surface area (Å²) in [6, 6.07) is 7.63. The van der Waals surface area contributed by atoms with Crippen LogP contribution in [-0.2, 0) is 6.42 Å². The van der Waals surface area contributed by atoms with Crippen LogP contribution in [0.5, 0.6) is 5.75 Å². The molecule has 0 amide bonds. The topological polar surface area (TPSA) is 45.6 Å². The number of ether oxygens (including phenoxy) is 1. The van der Waals surface area contributed by atoms with E-state index in [0.717, 1.165) is 11.3 Å². The van der Waals surface area contributed by atoms with E-state index in [9.17, 15) is 0 Å². The maximum atomic E-state index is 8.40. The molecule has 0 saturated carbocycles. The predicted octanol–water partition coefficient (Wildman–Crippen LogP) is 1.25. The minimum Gasteiger partial charge on any atom is -0.396 e. The van der Waals surface area contributed by atoms with Gasteiger partial charge in [-0.25, -0.2) is 0 Å². The van der Waals surface area contributed by atoms with Crippen molar-refractivity contribution in [3.63, 3.8) is 0 Å². The molecular weight excluding hydrogens is 140 g/mol. The van der Waals surface area contributed by atoms with Crippen molar-refractivity contribution in [3.05, 3.63) is 35.4 Å². The number of rotatable bonds is 0. The fraction of sp³-hybridized carbons (Fsp3) is 0.125. The maximum Gasteiger partial charge on any atom is 0.459 e. The Kier molecular flexibility index (Phi) is 1.24. The highest BCUT2D eigenvalue weighted by Crippen LogP contribution is 2.24. The fourth-order valence-corrected chi connectivity index (χ4v) is 1.13.